The van der Waals surface area contributed by atoms with E-state index in [1.807, 2.05) is 0 Å². The summed E-state index contributed by atoms with van der Waals surface area (Å²) in [5, 5.41) is 0. The summed E-state index contributed by atoms with van der Waals surface area (Å²) in [6.07, 6.45) is 6.81. The molecule has 0 amide bonds. The van der Waals surface area contributed by atoms with Gasteiger partial charge in [0.05, 0.1) is 39.4 Å². The first-order valence-corrected chi connectivity index (χ1v) is 18.3. The van der Waals surface area contributed by atoms with Crippen molar-refractivity contribution in [3.8, 4) is 11.5 Å². The van der Waals surface area contributed by atoms with Gasteiger partial charge in [0.15, 0.2) is 11.5 Å². The highest BCUT2D eigenvalue weighted by atomic mass is 16.6. The smallest absolute Gasteiger partial charge is 0.338 e. The van der Waals surface area contributed by atoms with E-state index in [4.69, 9.17) is 23.7 Å². The van der Waals surface area contributed by atoms with Crippen molar-refractivity contribution in [2.24, 2.45) is 62.6 Å². The number of carbonyl (C=O) groups excluding carboxylic acids is 3. The molecule has 5 saturated carbocycles. The summed E-state index contributed by atoms with van der Waals surface area (Å²) in [5.74, 6) is 0.653. The molecule has 49 heavy (non-hydrogen) atoms. The van der Waals surface area contributed by atoms with E-state index in [0.29, 0.717) is 28.9 Å². The Hall–Kier alpha value is -3.03. The zero-order valence-corrected chi connectivity index (χ0v) is 31.4. The molecular formula is C41H58O8. The Morgan fingerprint density at radius 1 is 0.776 bits per heavy atom. The number of methoxy groups -OCH3 is 4. The number of benzene rings is 1. The number of esters is 3. The van der Waals surface area contributed by atoms with Crippen molar-refractivity contribution in [1.82, 2.24) is 0 Å². The molecule has 0 aliphatic heterocycles. The molecule has 5 fully saturated rings. The number of carbonyl (C=O) groups is 3. The van der Waals surface area contributed by atoms with Crippen LogP contribution in [-0.2, 0) is 23.8 Å². The van der Waals surface area contributed by atoms with E-state index in [0.717, 1.165) is 51.4 Å². The minimum atomic E-state index is -0.676. The Morgan fingerprint density at radius 3 is 2.08 bits per heavy atom. The fraction of sp³-hybridized carbons (Fsp3) is 0.732. The van der Waals surface area contributed by atoms with Crippen LogP contribution >= 0.6 is 0 Å². The maximum atomic E-state index is 14.1. The number of fused-ring (bicyclic) bond motifs is 7. The standard InChI is InChI=1S/C41H58O8/c1-23(2)25-16-19-41(36(44)48-11)21-20-38(5)26(31(25)41)13-15-30-39(38,6)18-17-29-37(3,4)33(32(35(43)47-10)40(29,30)7)49-34(42)24-12-14-27(45-8)28(22-24)46-9/h12,14,22,25-26,29-33H,1,13,15-21H2,2-11H3/t25-,26+,29-,30-,31+,32+,33-,38+,39+,40-,41-/m0/s1. The molecule has 1 aromatic rings. The molecule has 0 heterocycles. The monoisotopic (exact) mass is 678 g/mol. The molecule has 0 spiro atoms. The average molecular weight is 679 g/mol. The van der Waals surface area contributed by atoms with Crippen LogP contribution in [0, 0.1) is 62.6 Å². The summed E-state index contributed by atoms with van der Waals surface area (Å²) >= 11 is 0. The quantitative estimate of drug-likeness (QED) is 0.162. The third kappa shape index (κ3) is 4.70. The van der Waals surface area contributed by atoms with Gasteiger partial charge >= 0.3 is 17.9 Å². The van der Waals surface area contributed by atoms with E-state index < -0.39 is 34.2 Å². The molecule has 8 heteroatoms. The molecule has 5 aliphatic rings. The van der Waals surface area contributed by atoms with Crippen LogP contribution in [0.5, 0.6) is 11.5 Å². The van der Waals surface area contributed by atoms with Crippen LogP contribution < -0.4 is 9.47 Å². The van der Waals surface area contributed by atoms with Crippen LogP contribution in [0.1, 0.15) is 103 Å². The largest absolute Gasteiger partial charge is 0.493 e. The zero-order valence-electron chi connectivity index (χ0n) is 31.4. The molecule has 0 unspecified atom stereocenters. The third-order valence-corrected chi connectivity index (χ3v) is 15.7. The fourth-order valence-electron chi connectivity index (χ4n) is 13.4. The van der Waals surface area contributed by atoms with Gasteiger partial charge in [0, 0.05) is 5.41 Å². The fourth-order valence-corrected chi connectivity index (χ4v) is 13.4. The van der Waals surface area contributed by atoms with Crippen molar-refractivity contribution in [3.63, 3.8) is 0 Å². The Bertz CT molecular complexity index is 1530. The predicted octanol–water partition coefficient (Wildman–Crippen LogP) is 8.07. The SMILES string of the molecule is C=C(C)[C@@H]1CC[C@]2(C(=O)OC)CC[C@]3(C)[C@H](CC[C@@H]4[C@@]5(C)[C@@H](C(=O)OC)[C@H](OC(=O)c6ccc(OC)c(OC)c6)C(C)(C)[C@@H]5CC[C@]43C)[C@@H]12. The van der Waals surface area contributed by atoms with Gasteiger partial charge < -0.3 is 23.7 Å². The van der Waals surface area contributed by atoms with Crippen molar-refractivity contribution in [3.05, 3.63) is 35.9 Å². The van der Waals surface area contributed by atoms with E-state index in [1.165, 1.54) is 19.8 Å². The molecule has 8 nitrogen and oxygen atoms in total. The molecule has 11 atom stereocenters. The number of allylic oxidation sites excluding steroid dienone is 1. The first kappa shape index (κ1) is 35.8. The normalized spacial score (nSPS) is 41.6. The molecular weight excluding hydrogens is 620 g/mol. The number of hydrogen-bond donors (Lipinski definition) is 0. The third-order valence-electron chi connectivity index (χ3n) is 15.7. The van der Waals surface area contributed by atoms with Gasteiger partial charge in [-0.2, -0.15) is 0 Å². The second kappa shape index (κ2) is 12.0. The van der Waals surface area contributed by atoms with Crippen molar-refractivity contribution < 1.29 is 38.1 Å². The van der Waals surface area contributed by atoms with Gasteiger partial charge in [0.1, 0.15) is 12.0 Å². The van der Waals surface area contributed by atoms with E-state index >= 15 is 0 Å². The molecule has 0 saturated heterocycles. The Kier molecular flexibility index (Phi) is 8.79. The van der Waals surface area contributed by atoms with Crippen molar-refractivity contribution >= 4 is 17.9 Å². The first-order chi connectivity index (χ1) is 23.0. The van der Waals surface area contributed by atoms with Gasteiger partial charge in [-0.3, -0.25) is 9.59 Å². The van der Waals surface area contributed by atoms with Gasteiger partial charge in [0.25, 0.3) is 0 Å². The van der Waals surface area contributed by atoms with Crippen LogP contribution in [0.25, 0.3) is 0 Å². The Labute approximate surface area is 293 Å². The van der Waals surface area contributed by atoms with Crippen LogP contribution in [-0.4, -0.2) is 52.5 Å². The van der Waals surface area contributed by atoms with Gasteiger partial charge in [-0.25, -0.2) is 4.79 Å². The van der Waals surface area contributed by atoms with Gasteiger partial charge in [-0.15, -0.1) is 0 Å². The first-order valence-electron chi connectivity index (χ1n) is 18.3. The summed E-state index contributed by atoms with van der Waals surface area (Å²) in [7, 11) is 6.08. The summed E-state index contributed by atoms with van der Waals surface area (Å²) in [4.78, 5) is 41.7. The second-order valence-electron chi connectivity index (χ2n) is 17.4. The average Bonchev–Trinajstić information content (AvgIpc) is 3.55. The van der Waals surface area contributed by atoms with Gasteiger partial charge in [-0.1, -0.05) is 46.8 Å². The number of hydrogen-bond acceptors (Lipinski definition) is 8. The van der Waals surface area contributed by atoms with Gasteiger partial charge in [-0.05, 0) is 122 Å². The maximum Gasteiger partial charge on any atom is 0.338 e. The summed E-state index contributed by atoms with van der Waals surface area (Å²) in [5.41, 5.74) is -0.0531. The van der Waals surface area contributed by atoms with Crippen LogP contribution in [0.3, 0.4) is 0 Å². The van der Waals surface area contributed by atoms with E-state index in [-0.39, 0.29) is 40.5 Å². The zero-order chi connectivity index (χ0) is 35.9. The highest BCUT2D eigenvalue weighted by Crippen LogP contribution is 2.79. The second-order valence-corrected chi connectivity index (χ2v) is 17.4. The predicted molar refractivity (Wildman–Crippen MR) is 186 cm³/mol. The van der Waals surface area contributed by atoms with Gasteiger partial charge in [0.2, 0.25) is 0 Å². The summed E-state index contributed by atoms with van der Waals surface area (Å²) in [6.45, 7) is 18.2. The number of ether oxygens (including phenoxy) is 5. The highest BCUT2D eigenvalue weighted by Gasteiger charge is 2.76. The lowest BCUT2D eigenvalue weighted by molar-refractivity contribution is -0.229. The molecule has 0 N–H and O–H groups in total. The minimum absolute atomic E-state index is 0.0475. The van der Waals surface area contributed by atoms with Crippen LogP contribution in [0.4, 0.5) is 0 Å². The maximum absolute atomic E-state index is 14.1. The molecule has 0 bridgehead atoms. The lowest BCUT2D eigenvalue weighted by atomic mass is 9.34. The minimum Gasteiger partial charge on any atom is -0.493 e. The molecule has 0 aromatic heterocycles. The molecule has 6 rings (SSSR count). The van der Waals surface area contributed by atoms with E-state index in [1.54, 1.807) is 32.4 Å². The Balaban J connectivity index is 1.40. The lowest BCUT2D eigenvalue weighted by Crippen LogP contribution is -2.65. The van der Waals surface area contributed by atoms with Crippen molar-refractivity contribution in [2.75, 3.05) is 28.4 Å². The lowest BCUT2D eigenvalue weighted by Gasteiger charge is -2.70. The molecule has 5 aliphatic carbocycles. The molecule has 270 valence electrons. The van der Waals surface area contributed by atoms with E-state index in [9.17, 15) is 14.4 Å². The van der Waals surface area contributed by atoms with Crippen LogP contribution in [0.2, 0.25) is 0 Å². The topological polar surface area (TPSA) is 97.4 Å². The molecule has 1 aromatic carbocycles. The van der Waals surface area contributed by atoms with E-state index in [2.05, 4.69) is 48.1 Å². The summed E-state index contributed by atoms with van der Waals surface area (Å²) < 4.78 is 28.5. The number of rotatable bonds is 7. The van der Waals surface area contributed by atoms with Crippen molar-refractivity contribution in [1.29, 1.82) is 0 Å². The Morgan fingerprint density at radius 2 is 1.47 bits per heavy atom. The van der Waals surface area contributed by atoms with Crippen molar-refractivity contribution in [2.45, 2.75) is 99.0 Å². The molecule has 0 radical (unpaired) electrons. The summed E-state index contributed by atoms with van der Waals surface area (Å²) in [6, 6.07) is 4.99. The highest BCUT2D eigenvalue weighted by molar-refractivity contribution is 5.91. The van der Waals surface area contributed by atoms with Crippen LogP contribution in [0.15, 0.2) is 30.4 Å².